The maximum atomic E-state index is 12.4. The predicted molar refractivity (Wildman–Crippen MR) is 121 cm³/mol. The summed E-state index contributed by atoms with van der Waals surface area (Å²) < 4.78 is 5.73. The van der Waals surface area contributed by atoms with Crippen LogP contribution in [0.15, 0.2) is 65.2 Å². The van der Waals surface area contributed by atoms with E-state index >= 15 is 0 Å². The van der Waals surface area contributed by atoms with Gasteiger partial charge in [0.05, 0.1) is 16.8 Å². The average Bonchev–Trinajstić information content (AvgIpc) is 3.41. The number of nitrogens with zero attached hydrogens (tertiary/aromatic N) is 2. The third-order valence-corrected chi connectivity index (χ3v) is 5.81. The van der Waals surface area contributed by atoms with Crippen molar-refractivity contribution in [2.45, 2.75) is 19.8 Å². The number of benzene rings is 2. The van der Waals surface area contributed by atoms with E-state index in [1.165, 1.54) is 18.3 Å². The molecule has 31 heavy (non-hydrogen) atoms. The minimum Gasteiger partial charge on any atom is -0.441 e. The van der Waals surface area contributed by atoms with Crippen molar-refractivity contribution < 1.29 is 14.0 Å². The van der Waals surface area contributed by atoms with Crippen molar-refractivity contribution in [2.24, 2.45) is 0 Å². The summed E-state index contributed by atoms with van der Waals surface area (Å²) in [5, 5.41) is 3.81. The summed E-state index contributed by atoms with van der Waals surface area (Å²) in [5.74, 6) is 0.764. The van der Waals surface area contributed by atoms with Gasteiger partial charge in [-0.1, -0.05) is 53.3 Å². The topological polar surface area (TPSA) is 85.1 Å². The fourth-order valence-corrected chi connectivity index (χ4v) is 4.00. The van der Waals surface area contributed by atoms with Crippen molar-refractivity contribution in [3.8, 4) is 22.6 Å². The maximum Gasteiger partial charge on any atom is 0.226 e. The zero-order chi connectivity index (χ0) is 21.8. The van der Waals surface area contributed by atoms with Gasteiger partial charge < -0.3 is 9.73 Å². The molecule has 0 radical (unpaired) electrons. The number of nitrogens with one attached hydrogen (secondary N) is 1. The maximum absolute atomic E-state index is 12.4. The van der Waals surface area contributed by atoms with E-state index in [1.807, 2.05) is 42.5 Å². The zero-order valence-electron chi connectivity index (χ0n) is 16.6. The number of carbonyl (C=O) groups excluding carboxylic acids is 2. The highest BCUT2D eigenvalue weighted by atomic mass is 35.5. The summed E-state index contributed by atoms with van der Waals surface area (Å²) in [6.45, 7) is 1.49. The van der Waals surface area contributed by atoms with Gasteiger partial charge in [0.25, 0.3) is 0 Å². The Morgan fingerprint density at radius 3 is 2.52 bits per heavy atom. The number of halogens is 1. The van der Waals surface area contributed by atoms with Gasteiger partial charge in [0.1, 0.15) is 0 Å². The number of carbonyl (C=O) groups is 2. The predicted octanol–water partition coefficient (Wildman–Crippen LogP) is 5.89. The molecule has 0 aliphatic heterocycles. The molecule has 0 saturated heterocycles. The molecule has 2 aromatic heterocycles. The molecular formula is C23H18ClN3O3S. The Labute approximate surface area is 187 Å². The zero-order valence-corrected chi connectivity index (χ0v) is 18.2. The summed E-state index contributed by atoms with van der Waals surface area (Å²) >= 11 is 7.08. The molecule has 0 bridgehead atoms. The van der Waals surface area contributed by atoms with Gasteiger partial charge >= 0.3 is 0 Å². The molecule has 1 N–H and O–H groups in total. The summed E-state index contributed by atoms with van der Waals surface area (Å²) in [7, 11) is 0. The molecule has 0 aliphatic carbocycles. The Morgan fingerprint density at radius 2 is 1.81 bits per heavy atom. The first-order valence-corrected chi connectivity index (χ1v) is 10.8. The van der Waals surface area contributed by atoms with Gasteiger partial charge in [0, 0.05) is 35.9 Å². The third kappa shape index (κ3) is 5.07. The molecule has 4 rings (SSSR count). The van der Waals surface area contributed by atoms with E-state index in [-0.39, 0.29) is 18.1 Å². The van der Waals surface area contributed by atoms with Crippen LogP contribution >= 0.6 is 22.9 Å². The SMILES string of the molecule is CC(=O)c1sc(NC(=O)CCc2ncc(-c3ccc(Cl)cc3)o2)nc1-c1ccccc1. The lowest BCUT2D eigenvalue weighted by atomic mass is 10.1. The number of rotatable bonds is 7. The number of aromatic nitrogens is 2. The van der Waals surface area contributed by atoms with Crippen molar-refractivity contribution in [3.63, 3.8) is 0 Å². The first-order valence-electron chi connectivity index (χ1n) is 9.57. The van der Waals surface area contributed by atoms with Crippen LogP contribution in [-0.4, -0.2) is 21.7 Å². The average molecular weight is 452 g/mol. The van der Waals surface area contributed by atoms with Crippen LogP contribution in [0.4, 0.5) is 5.13 Å². The molecule has 156 valence electrons. The molecule has 0 unspecified atom stereocenters. The minimum atomic E-state index is -0.227. The molecule has 6 nitrogen and oxygen atoms in total. The van der Waals surface area contributed by atoms with Crippen molar-refractivity contribution in [3.05, 3.63) is 76.6 Å². The van der Waals surface area contributed by atoms with Crippen LogP contribution in [-0.2, 0) is 11.2 Å². The van der Waals surface area contributed by atoms with E-state index < -0.39 is 0 Å². The van der Waals surface area contributed by atoms with E-state index in [2.05, 4.69) is 15.3 Å². The molecule has 1 amide bonds. The van der Waals surface area contributed by atoms with Crippen LogP contribution < -0.4 is 5.32 Å². The summed E-state index contributed by atoms with van der Waals surface area (Å²) in [5.41, 5.74) is 2.27. The Bertz CT molecular complexity index is 1220. The Morgan fingerprint density at radius 1 is 1.06 bits per heavy atom. The van der Waals surface area contributed by atoms with Crippen LogP contribution in [0.25, 0.3) is 22.6 Å². The molecule has 0 atom stereocenters. The molecule has 4 aromatic rings. The van der Waals surface area contributed by atoms with Crippen molar-refractivity contribution in [1.29, 1.82) is 0 Å². The fraction of sp³-hybridized carbons (Fsp3) is 0.130. The molecule has 0 aliphatic rings. The van der Waals surface area contributed by atoms with Crippen LogP contribution in [0.2, 0.25) is 5.02 Å². The van der Waals surface area contributed by atoms with Gasteiger partial charge in [-0.05, 0) is 24.3 Å². The van der Waals surface area contributed by atoms with Gasteiger partial charge in [0.2, 0.25) is 5.91 Å². The summed E-state index contributed by atoms with van der Waals surface area (Å²) in [4.78, 5) is 33.6. The standard InChI is InChI=1S/C23H18ClN3O3S/c1-14(28)22-21(16-5-3-2-4-6-16)27-23(31-22)26-19(29)11-12-20-25-13-18(30-20)15-7-9-17(24)10-8-15/h2-10,13H,11-12H2,1H3,(H,26,27,29). The van der Waals surface area contributed by atoms with Gasteiger partial charge in [0.15, 0.2) is 22.6 Å². The van der Waals surface area contributed by atoms with Crippen LogP contribution in [0, 0.1) is 0 Å². The Hall–Kier alpha value is -3.29. The highest BCUT2D eigenvalue weighted by Crippen LogP contribution is 2.31. The molecule has 0 spiro atoms. The first kappa shape index (κ1) is 21.0. The van der Waals surface area contributed by atoms with Crippen LogP contribution in [0.3, 0.4) is 0 Å². The molecule has 8 heteroatoms. The number of hydrogen-bond acceptors (Lipinski definition) is 6. The van der Waals surface area contributed by atoms with E-state index in [1.54, 1.807) is 18.3 Å². The van der Waals surface area contributed by atoms with E-state index in [4.69, 9.17) is 16.0 Å². The number of amides is 1. The monoisotopic (exact) mass is 451 g/mol. The highest BCUT2D eigenvalue weighted by molar-refractivity contribution is 7.18. The fourth-order valence-electron chi connectivity index (χ4n) is 2.98. The Balaban J connectivity index is 1.40. The second kappa shape index (κ2) is 9.24. The number of oxazole rings is 1. The van der Waals surface area contributed by atoms with Gasteiger partial charge in [-0.25, -0.2) is 9.97 Å². The lowest BCUT2D eigenvalue weighted by Gasteiger charge is -2.00. The smallest absolute Gasteiger partial charge is 0.226 e. The van der Waals surface area contributed by atoms with Gasteiger partial charge in [-0.15, -0.1) is 0 Å². The van der Waals surface area contributed by atoms with Crippen LogP contribution in [0.1, 0.15) is 28.9 Å². The molecule has 0 saturated carbocycles. The Kier molecular flexibility index (Phi) is 6.25. The number of hydrogen-bond donors (Lipinski definition) is 1. The molecule has 0 fully saturated rings. The molecule has 2 aromatic carbocycles. The van der Waals surface area contributed by atoms with Crippen molar-refractivity contribution in [1.82, 2.24) is 9.97 Å². The number of thiazole rings is 1. The molecule has 2 heterocycles. The summed E-state index contributed by atoms with van der Waals surface area (Å²) in [6.07, 6.45) is 2.15. The van der Waals surface area contributed by atoms with E-state index in [0.717, 1.165) is 11.1 Å². The highest BCUT2D eigenvalue weighted by Gasteiger charge is 2.18. The number of Topliss-reactive ketones (excluding diaryl/α,β-unsaturated/α-hetero) is 1. The van der Waals surface area contributed by atoms with Crippen molar-refractivity contribution in [2.75, 3.05) is 5.32 Å². The summed E-state index contributed by atoms with van der Waals surface area (Å²) in [6, 6.07) is 16.7. The van der Waals surface area contributed by atoms with Crippen molar-refractivity contribution >= 4 is 39.8 Å². The van der Waals surface area contributed by atoms with E-state index in [0.29, 0.717) is 38.8 Å². The lowest BCUT2D eigenvalue weighted by Crippen LogP contribution is -2.12. The first-order chi connectivity index (χ1) is 15.0. The van der Waals surface area contributed by atoms with E-state index in [9.17, 15) is 9.59 Å². The lowest BCUT2D eigenvalue weighted by molar-refractivity contribution is -0.116. The quantitative estimate of drug-likeness (QED) is 0.354. The second-order valence-electron chi connectivity index (χ2n) is 6.79. The minimum absolute atomic E-state index is 0.0913. The van der Waals surface area contributed by atoms with Gasteiger partial charge in [-0.3, -0.25) is 9.59 Å². The molecular weight excluding hydrogens is 434 g/mol. The number of aryl methyl sites for hydroxylation is 1. The third-order valence-electron chi connectivity index (χ3n) is 4.49. The number of anilines is 1. The normalized spacial score (nSPS) is 10.8. The van der Waals surface area contributed by atoms with Gasteiger partial charge in [-0.2, -0.15) is 0 Å². The van der Waals surface area contributed by atoms with Crippen LogP contribution in [0.5, 0.6) is 0 Å². The largest absolute Gasteiger partial charge is 0.441 e. The number of ketones is 1. The second-order valence-corrected chi connectivity index (χ2v) is 8.23.